The molecule has 6 heteroatoms. The predicted molar refractivity (Wildman–Crippen MR) is 90.1 cm³/mol. The molecular formula is C15H21Cl2N3O. The monoisotopic (exact) mass is 329 g/mol. The van der Waals surface area contributed by atoms with Crippen LogP contribution in [0.15, 0.2) is 29.4 Å². The summed E-state index contributed by atoms with van der Waals surface area (Å²) in [6, 6.07) is 8.29. The molecule has 0 bridgehead atoms. The number of morpholine rings is 1. The van der Waals surface area contributed by atoms with Crippen LogP contribution in [0.5, 0.6) is 0 Å². The summed E-state index contributed by atoms with van der Waals surface area (Å²) in [6.07, 6.45) is 1.89. The summed E-state index contributed by atoms with van der Waals surface area (Å²) in [7, 11) is 0. The Bertz CT molecular complexity index is 427. The van der Waals surface area contributed by atoms with E-state index in [1.54, 1.807) is 0 Å². The molecule has 1 aromatic rings. The predicted octanol–water partition coefficient (Wildman–Crippen LogP) is 2.64. The van der Waals surface area contributed by atoms with Crippen molar-refractivity contribution in [1.29, 1.82) is 0 Å². The zero-order valence-electron chi connectivity index (χ0n) is 12.0. The van der Waals surface area contributed by atoms with Crippen molar-refractivity contribution < 1.29 is 4.74 Å². The van der Waals surface area contributed by atoms with Crippen LogP contribution in [0.25, 0.3) is 0 Å². The lowest BCUT2D eigenvalue weighted by Crippen LogP contribution is -2.32. The van der Waals surface area contributed by atoms with Crippen molar-refractivity contribution in [2.45, 2.75) is 0 Å². The number of benzene rings is 1. The van der Waals surface area contributed by atoms with Crippen molar-refractivity contribution in [3.05, 3.63) is 29.8 Å². The quantitative estimate of drug-likeness (QED) is 0.568. The number of hydrazone groups is 1. The third kappa shape index (κ3) is 5.38. The van der Waals surface area contributed by atoms with Crippen LogP contribution >= 0.6 is 23.2 Å². The first-order valence-electron chi connectivity index (χ1n) is 7.17. The minimum Gasteiger partial charge on any atom is -0.378 e. The van der Waals surface area contributed by atoms with Gasteiger partial charge in [-0.05, 0) is 17.7 Å². The van der Waals surface area contributed by atoms with Gasteiger partial charge in [0.05, 0.1) is 32.5 Å². The first kappa shape index (κ1) is 16.4. The molecule has 21 heavy (non-hydrogen) atoms. The molecule has 0 spiro atoms. The maximum atomic E-state index is 5.83. The molecule has 1 heterocycles. The van der Waals surface area contributed by atoms with Crippen LogP contribution in [0, 0.1) is 0 Å². The minimum atomic E-state index is 0.594. The van der Waals surface area contributed by atoms with Crippen molar-refractivity contribution in [3.63, 3.8) is 0 Å². The summed E-state index contributed by atoms with van der Waals surface area (Å²) >= 11 is 11.7. The SMILES string of the molecule is ClCCN(CCCl)c1ccc(/C=N/N2CCOCC2)cc1. The number of ether oxygens (including phenoxy) is 1. The Hall–Kier alpha value is -0.970. The highest BCUT2D eigenvalue weighted by Crippen LogP contribution is 2.15. The second kappa shape index (κ2) is 9.13. The van der Waals surface area contributed by atoms with Crippen molar-refractivity contribution >= 4 is 35.1 Å². The van der Waals surface area contributed by atoms with Gasteiger partial charge in [-0.15, -0.1) is 23.2 Å². The molecule has 0 radical (unpaired) electrons. The molecule has 1 fully saturated rings. The van der Waals surface area contributed by atoms with E-state index >= 15 is 0 Å². The van der Waals surface area contributed by atoms with Crippen LogP contribution in [0.3, 0.4) is 0 Å². The number of nitrogens with zero attached hydrogens (tertiary/aromatic N) is 3. The molecule has 1 aliphatic heterocycles. The van der Waals surface area contributed by atoms with Crippen LogP contribution in [0.4, 0.5) is 5.69 Å². The smallest absolute Gasteiger partial charge is 0.0659 e. The maximum Gasteiger partial charge on any atom is 0.0659 e. The molecule has 116 valence electrons. The lowest BCUT2D eigenvalue weighted by Gasteiger charge is -2.24. The van der Waals surface area contributed by atoms with Crippen molar-refractivity contribution in [2.24, 2.45) is 5.10 Å². The van der Waals surface area contributed by atoms with Gasteiger partial charge in [0.15, 0.2) is 0 Å². The molecule has 0 aliphatic carbocycles. The van der Waals surface area contributed by atoms with E-state index in [1.807, 2.05) is 11.2 Å². The Kier molecular flexibility index (Phi) is 7.13. The van der Waals surface area contributed by atoms with Crippen molar-refractivity contribution in [1.82, 2.24) is 5.01 Å². The van der Waals surface area contributed by atoms with Gasteiger partial charge in [-0.2, -0.15) is 5.10 Å². The average molecular weight is 330 g/mol. The topological polar surface area (TPSA) is 28.1 Å². The second-order valence-electron chi connectivity index (χ2n) is 4.77. The van der Waals surface area contributed by atoms with Gasteiger partial charge < -0.3 is 9.64 Å². The van der Waals surface area contributed by atoms with E-state index in [1.165, 1.54) is 0 Å². The fourth-order valence-corrected chi connectivity index (χ4v) is 2.57. The summed E-state index contributed by atoms with van der Waals surface area (Å²) in [5.74, 6) is 1.19. The van der Waals surface area contributed by atoms with Crippen molar-refractivity contribution in [3.8, 4) is 0 Å². The number of hydrogen-bond acceptors (Lipinski definition) is 4. The average Bonchev–Trinajstić information content (AvgIpc) is 2.54. The molecule has 0 amide bonds. The molecule has 1 saturated heterocycles. The number of halogens is 2. The fourth-order valence-electron chi connectivity index (χ4n) is 2.16. The number of alkyl halides is 2. The Morgan fingerprint density at radius 3 is 2.29 bits per heavy atom. The van der Waals surface area contributed by atoms with Gasteiger partial charge in [-0.25, -0.2) is 0 Å². The molecule has 4 nitrogen and oxygen atoms in total. The van der Waals surface area contributed by atoms with E-state index < -0.39 is 0 Å². The van der Waals surface area contributed by atoms with E-state index in [0.29, 0.717) is 11.8 Å². The van der Waals surface area contributed by atoms with Crippen LogP contribution in [0.1, 0.15) is 5.56 Å². The number of anilines is 1. The van der Waals surface area contributed by atoms with Gasteiger partial charge in [0.25, 0.3) is 0 Å². The lowest BCUT2D eigenvalue weighted by molar-refractivity contribution is 0.0397. The molecule has 0 saturated carbocycles. The highest BCUT2D eigenvalue weighted by Gasteiger charge is 2.07. The van der Waals surface area contributed by atoms with E-state index in [-0.39, 0.29) is 0 Å². The normalized spacial score (nSPS) is 15.6. The molecule has 0 unspecified atom stereocenters. The molecule has 0 atom stereocenters. The number of hydrogen-bond donors (Lipinski definition) is 0. The summed E-state index contributed by atoms with van der Waals surface area (Å²) in [5, 5.41) is 6.51. The minimum absolute atomic E-state index is 0.594. The van der Waals surface area contributed by atoms with E-state index in [4.69, 9.17) is 27.9 Å². The van der Waals surface area contributed by atoms with Crippen LogP contribution in [0.2, 0.25) is 0 Å². The van der Waals surface area contributed by atoms with Crippen LogP contribution < -0.4 is 4.90 Å². The lowest BCUT2D eigenvalue weighted by atomic mass is 10.2. The van der Waals surface area contributed by atoms with Gasteiger partial charge in [0.2, 0.25) is 0 Å². The van der Waals surface area contributed by atoms with Crippen LogP contribution in [-0.4, -0.2) is 62.4 Å². The van der Waals surface area contributed by atoms with Gasteiger partial charge in [0.1, 0.15) is 0 Å². The Morgan fingerprint density at radius 1 is 1.10 bits per heavy atom. The van der Waals surface area contributed by atoms with Gasteiger partial charge >= 0.3 is 0 Å². The molecule has 0 N–H and O–H groups in total. The van der Waals surface area contributed by atoms with Gasteiger partial charge in [-0.3, -0.25) is 5.01 Å². The molecular weight excluding hydrogens is 309 g/mol. The standard InChI is InChI=1S/C15H21Cl2N3O/c16-5-7-19(8-6-17)15-3-1-14(2-4-15)13-18-20-9-11-21-12-10-20/h1-4,13H,5-12H2/b18-13+. The third-order valence-electron chi connectivity index (χ3n) is 3.32. The summed E-state index contributed by atoms with van der Waals surface area (Å²) in [6.45, 7) is 4.82. The zero-order chi connectivity index (χ0) is 14.9. The molecule has 0 aromatic heterocycles. The van der Waals surface area contributed by atoms with E-state index in [2.05, 4.69) is 34.3 Å². The first-order valence-corrected chi connectivity index (χ1v) is 8.24. The van der Waals surface area contributed by atoms with E-state index in [0.717, 1.165) is 50.6 Å². The summed E-state index contributed by atoms with van der Waals surface area (Å²) in [5.41, 5.74) is 2.22. The molecule has 1 aromatic carbocycles. The van der Waals surface area contributed by atoms with Gasteiger partial charge in [0, 0.05) is 30.5 Å². The Balaban J connectivity index is 1.95. The highest BCUT2D eigenvalue weighted by atomic mass is 35.5. The van der Waals surface area contributed by atoms with Crippen LogP contribution in [-0.2, 0) is 4.74 Å². The van der Waals surface area contributed by atoms with Crippen molar-refractivity contribution in [2.75, 3.05) is 56.1 Å². The molecule has 2 rings (SSSR count). The highest BCUT2D eigenvalue weighted by molar-refractivity contribution is 6.18. The zero-order valence-corrected chi connectivity index (χ0v) is 13.6. The summed E-state index contributed by atoms with van der Waals surface area (Å²) < 4.78 is 5.30. The van der Waals surface area contributed by atoms with Gasteiger partial charge in [-0.1, -0.05) is 12.1 Å². The maximum absolute atomic E-state index is 5.83. The second-order valence-corrected chi connectivity index (χ2v) is 5.52. The molecule has 1 aliphatic rings. The Morgan fingerprint density at radius 2 is 1.71 bits per heavy atom. The fraction of sp³-hybridized carbons (Fsp3) is 0.533. The third-order valence-corrected chi connectivity index (χ3v) is 3.66. The Labute approximate surface area is 136 Å². The first-order chi connectivity index (χ1) is 10.3. The summed E-state index contributed by atoms with van der Waals surface area (Å²) in [4.78, 5) is 2.18. The largest absolute Gasteiger partial charge is 0.378 e. The van der Waals surface area contributed by atoms with E-state index in [9.17, 15) is 0 Å². The number of rotatable bonds is 7.